The van der Waals surface area contributed by atoms with Crippen molar-refractivity contribution in [1.82, 2.24) is 0 Å². The lowest BCUT2D eigenvalue weighted by Gasteiger charge is -2.51. The molecule has 0 saturated heterocycles. The maximum Gasteiger partial charge on any atom is 0.305 e. The fraction of sp³-hybridized carbons (Fsp3) is 0.448. The van der Waals surface area contributed by atoms with Gasteiger partial charge in [-0.2, -0.15) is 0 Å². The first-order chi connectivity index (χ1) is 15.5. The molecule has 0 heterocycles. The van der Waals surface area contributed by atoms with Crippen LogP contribution in [0.3, 0.4) is 0 Å². The third kappa shape index (κ3) is 4.90. The molecule has 2 aromatic rings. The zero-order chi connectivity index (χ0) is 24.4. The Morgan fingerprint density at radius 1 is 0.818 bits per heavy atom. The number of benzene rings is 2. The van der Waals surface area contributed by atoms with Gasteiger partial charge in [-0.3, -0.25) is 9.59 Å². The largest absolute Gasteiger partial charge is 0.457 e. The van der Waals surface area contributed by atoms with E-state index >= 15 is 0 Å². The van der Waals surface area contributed by atoms with E-state index in [4.69, 9.17) is 9.47 Å². The second-order valence-electron chi connectivity index (χ2n) is 9.97. The van der Waals surface area contributed by atoms with E-state index < -0.39 is 23.0 Å². The number of hydrogen-bond donors (Lipinski definition) is 0. The molecule has 0 saturated carbocycles. The SMILES string of the molecule is CCC(=O)OC1C(OC(=O)CC)C(C)(C)c2cc(/C(C)=C/c3ccccc3)ccc2C1(C)C. The van der Waals surface area contributed by atoms with Gasteiger partial charge in [0.25, 0.3) is 0 Å². The summed E-state index contributed by atoms with van der Waals surface area (Å²) in [5, 5.41) is 0. The Labute approximate surface area is 198 Å². The number of hydrogen-bond acceptors (Lipinski definition) is 4. The minimum absolute atomic E-state index is 0.271. The molecule has 4 nitrogen and oxygen atoms in total. The first-order valence-electron chi connectivity index (χ1n) is 11.8. The average Bonchev–Trinajstić information content (AvgIpc) is 2.80. The van der Waals surface area contributed by atoms with E-state index in [-0.39, 0.29) is 24.8 Å². The van der Waals surface area contributed by atoms with E-state index in [1.54, 1.807) is 13.8 Å². The van der Waals surface area contributed by atoms with Crippen molar-refractivity contribution in [1.29, 1.82) is 0 Å². The zero-order valence-corrected chi connectivity index (χ0v) is 20.9. The molecule has 3 rings (SSSR count). The lowest BCUT2D eigenvalue weighted by atomic mass is 9.59. The predicted octanol–water partition coefficient (Wildman–Crippen LogP) is 6.46. The maximum atomic E-state index is 12.4. The summed E-state index contributed by atoms with van der Waals surface area (Å²) in [7, 11) is 0. The number of ether oxygens (including phenoxy) is 2. The summed E-state index contributed by atoms with van der Waals surface area (Å²) in [6.07, 6.45) is 1.55. The topological polar surface area (TPSA) is 52.6 Å². The van der Waals surface area contributed by atoms with Crippen LogP contribution in [0.5, 0.6) is 0 Å². The third-order valence-corrected chi connectivity index (χ3v) is 6.84. The van der Waals surface area contributed by atoms with Crippen molar-refractivity contribution in [3.05, 3.63) is 70.8 Å². The van der Waals surface area contributed by atoms with Crippen molar-refractivity contribution >= 4 is 23.6 Å². The molecule has 0 N–H and O–H groups in total. The van der Waals surface area contributed by atoms with Crippen LogP contribution in [-0.4, -0.2) is 24.1 Å². The molecule has 2 atom stereocenters. The maximum absolute atomic E-state index is 12.4. The van der Waals surface area contributed by atoms with Crippen LogP contribution < -0.4 is 0 Å². The molecule has 2 unspecified atom stereocenters. The number of allylic oxidation sites excluding steroid dienone is 1. The van der Waals surface area contributed by atoms with Crippen LogP contribution in [0, 0.1) is 0 Å². The molecular formula is C29H36O4. The van der Waals surface area contributed by atoms with Crippen molar-refractivity contribution in [2.45, 2.75) is 84.3 Å². The molecule has 176 valence electrons. The Morgan fingerprint density at radius 2 is 1.33 bits per heavy atom. The molecule has 0 aromatic heterocycles. The number of carbonyl (C=O) groups excluding carboxylic acids is 2. The second-order valence-corrected chi connectivity index (χ2v) is 9.97. The smallest absolute Gasteiger partial charge is 0.305 e. The highest BCUT2D eigenvalue weighted by molar-refractivity contribution is 5.81. The van der Waals surface area contributed by atoms with E-state index in [0.717, 1.165) is 27.8 Å². The van der Waals surface area contributed by atoms with Crippen LogP contribution in [0.15, 0.2) is 48.5 Å². The van der Waals surface area contributed by atoms with Gasteiger partial charge >= 0.3 is 11.9 Å². The summed E-state index contributed by atoms with van der Waals surface area (Å²) in [6, 6.07) is 16.7. The van der Waals surface area contributed by atoms with Crippen molar-refractivity contribution in [3.63, 3.8) is 0 Å². The van der Waals surface area contributed by atoms with E-state index in [9.17, 15) is 9.59 Å². The highest BCUT2D eigenvalue weighted by atomic mass is 16.6. The molecule has 4 heteroatoms. The Morgan fingerprint density at radius 3 is 1.85 bits per heavy atom. The van der Waals surface area contributed by atoms with Gasteiger partial charge in [-0.1, -0.05) is 96.1 Å². The Hall–Kier alpha value is -2.88. The summed E-state index contributed by atoms with van der Waals surface area (Å²) in [4.78, 5) is 24.7. The summed E-state index contributed by atoms with van der Waals surface area (Å²) >= 11 is 0. The molecule has 33 heavy (non-hydrogen) atoms. The van der Waals surface area contributed by atoms with E-state index in [1.807, 2.05) is 18.2 Å². The van der Waals surface area contributed by atoms with Crippen LogP contribution >= 0.6 is 0 Å². The van der Waals surface area contributed by atoms with Gasteiger partial charge in [0, 0.05) is 23.7 Å². The summed E-state index contributed by atoms with van der Waals surface area (Å²) in [5.41, 5.74) is 4.57. The molecule has 1 aliphatic carbocycles. The van der Waals surface area contributed by atoms with Crippen molar-refractivity contribution in [3.8, 4) is 0 Å². The molecule has 0 amide bonds. The molecule has 1 aliphatic rings. The first kappa shape index (κ1) is 24.8. The monoisotopic (exact) mass is 448 g/mol. The van der Waals surface area contributed by atoms with Gasteiger partial charge in [-0.15, -0.1) is 0 Å². The van der Waals surface area contributed by atoms with E-state index in [0.29, 0.717) is 0 Å². The van der Waals surface area contributed by atoms with Gasteiger partial charge in [-0.25, -0.2) is 0 Å². The number of carbonyl (C=O) groups is 2. The molecule has 0 bridgehead atoms. The third-order valence-electron chi connectivity index (χ3n) is 6.84. The number of rotatable bonds is 6. The molecule has 0 aliphatic heterocycles. The van der Waals surface area contributed by atoms with Crippen LogP contribution in [0.2, 0.25) is 0 Å². The number of esters is 2. The number of fused-ring (bicyclic) bond motifs is 1. The highest BCUT2D eigenvalue weighted by Gasteiger charge is 2.55. The van der Waals surface area contributed by atoms with Gasteiger partial charge in [0.15, 0.2) is 0 Å². The van der Waals surface area contributed by atoms with Gasteiger partial charge in [0.1, 0.15) is 12.2 Å². The molecule has 0 spiro atoms. The normalized spacial score (nSPS) is 21.1. The summed E-state index contributed by atoms with van der Waals surface area (Å²) in [5.74, 6) is -0.579. The first-order valence-corrected chi connectivity index (χ1v) is 11.8. The van der Waals surface area contributed by atoms with Crippen LogP contribution in [-0.2, 0) is 29.9 Å². The molecular weight excluding hydrogens is 412 g/mol. The lowest BCUT2D eigenvalue weighted by Crippen LogP contribution is -2.59. The quantitative estimate of drug-likeness (QED) is 0.376. The van der Waals surface area contributed by atoms with Gasteiger partial charge < -0.3 is 9.47 Å². The Balaban J connectivity index is 2.13. The molecule has 0 radical (unpaired) electrons. The second kappa shape index (κ2) is 9.54. The highest BCUT2D eigenvalue weighted by Crippen LogP contribution is 2.49. The fourth-order valence-corrected chi connectivity index (χ4v) is 4.70. The average molecular weight is 449 g/mol. The van der Waals surface area contributed by atoms with Gasteiger partial charge in [0.2, 0.25) is 0 Å². The van der Waals surface area contributed by atoms with E-state index in [1.165, 1.54) is 0 Å². The minimum Gasteiger partial charge on any atom is -0.457 e. The van der Waals surface area contributed by atoms with Gasteiger partial charge in [-0.05, 0) is 34.8 Å². The van der Waals surface area contributed by atoms with E-state index in [2.05, 4.69) is 71.0 Å². The molecule has 0 fully saturated rings. The Kier molecular flexibility index (Phi) is 7.16. The standard InChI is InChI=1S/C29H36O4/c1-8-24(30)32-26-27(33-25(31)9-2)29(6,7)23-18-21(15-16-22(23)28(26,4)5)19(3)17-20-13-11-10-12-14-20/h10-18,26-27H,8-9H2,1-7H3/b19-17+. The summed E-state index contributed by atoms with van der Waals surface area (Å²) in [6.45, 7) is 13.9. The Bertz CT molecular complexity index is 1050. The predicted molar refractivity (Wildman–Crippen MR) is 133 cm³/mol. The van der Waals surface area contributed by atoms with Crippen molar-refractivity contribution < 1.29 is 19.1 Å². The van der Waals surface area contributed by atoms with Crippen molar-refractivity contribution in [2.75, 3.05) is 0 Å². The van der Waals surface area contributed by atoms with Crippen molar-refractivity contribution in [2.24, 2.45) is 0 Å². The molecule has 2 aromatic carbocycles. The van der Waals surface area contributed by atoms with Gasteiger partial charge in [0.05, 0.1) is 0 Å². The lowest BCUT2D eigenvalue weighted by molar-refractivity contribution is -0.182. The summed E-state index contributed by atoms with van der Waals surface area (Å²) < 4.78 is 11.9. The fourth-order valence-electron chi connectivity index (χ4n) is 4.70. The zero-order valence-electron chi connectivity index (χ0n) is 20.9. The van der Waals surface area contributed by atoms with Crippen LogP contribution in [0.4, 0.5) is 0 Å². The van der Waals surface area contributed by atoms with Crippen LogP contribution in [0.25, 0.3) is 11.6 Å². The minimum atomic E-state index is -0.586. The van der Waals surface area contributed by atoms with Crippen LogP contribution in [0.1, 0.15) is 83.6 Å².